The van der Waals surface area contributed by atoms with Crippen LogP contribution in [0.25, 0.3) is 0 Å². The van der Waals surface area contributed by atoms with Crippen LogP contribution in [-0.4, -0.2) is 34.5 Å². The van der Waals surface area contributed by atoms with Gasteiger partial charge in [-0.05, 0) is 49.9 Å². The third-order valence-corrected chi connectivity index (χ3v) is 5.71. The zero-order valence-corrected chi connectivity index (χ0v) is 15.8. The molecule has 0 unspecified atom stereocenters. The number of rotatable bonds is 6. The van der Waals surface area contributed by atoms with Crippen LogP contribution in [0.15, 0.2) is 42.7 Å². The molecule has 2 amide bonds. The Labute approximate surface area is 166 Å². The van der Waals surface area contributed by atoms with E-state index >= 15 is 0 Å². The molecule has 28 heavy (non-hydrogen) atoms. The number of nitrogens with one attached hydrogen (secondary N) is 2. The molecular formula is C20H19ClFN3O3. The predicted octanol–water partition coefficient (Wildman–Crippen LogP) is 2.86. The monoisotopic (exact) mass is 403 g/mol. The number of ether oxygens (including phenoxy) is 1. The van der Waals surface area contributed by atoms with E-state index in [1.807, 2.05) is 0 Å². The smallest absolute Gasteiger partial charge is 0.258 e. The molecule has 0 aliphatic heterocycles. The number of amides is 2. The highest BCUT2D eigenvalue weighted by molar-refractivity contribution is 6.30. The summed E-state index contributed by atoms with van der Waals surface area (Å²) in [5.41, 5.74) is -0.0669. The molecule has 3 saturated carbocycles. The molecule has 0 spiro atoms. The molecule has 0 saturated heterocycles. The maximum absolute atomic E-state index is 13.4. The van der Waals surface area contributed by atoms with Crippen LogP contribution in [-0.2, 0) is 4.79 Å². The van der Waals surface area contributed by atoms with E-state index in [-0.39, 0.29) is 40.3 Å². The summed E-state index contributed by atoms with van der Waals surface area (Å²) in [5.74, 6) is -0.776. The van der Waals surface area contributed by atoms with Gasteiger partial charge in [0.05, 0.1) is 10.6 Å². The largest absolute Gasteiger partial charge is 0.484 e. The van der Waals surface area contributed by atoms with E-state index in [0.29, 0.717) is 18.4 Å². The van der Waals surface area contributed by atoms with Crippen molar-refractivity contribution < 1.29 is 18.7 Å². The van der Waals surface area contributed by atoms with Gasteiger partial charge >= 0.3 is 0 Å². The van der Waals surface area contributed by atoms with E-state index in [1.54, 1.807) is 18.3 Å². The number of fused-ring (bicyclic) bond motifs is 1. The minimum atomic E-state index is -0.595. The first-order valence-electron chi connectivity index (χ1n) is 9.00. The van der Waals surface area contributed by atoms with Gasteiger partial charge in [-0.15, -0.1) is 0 Å². The second kappa shape index (κ2) is 7.05. The number of halogens is 2. The van der Waals surface area contributed by atoms with Gasteiger partial charge in [-0.1, -0.05) is 11.6 Å². The molecule has 1 aromatic carbocycles. The molecule has 0 radical (unpaired) electrons. The van der Waals surface area contributed by atoms with Gasteiger partial charge in [-0.2, -0.15) is 0 Å². The van der Waals surface area contributed by atoms with Gasteiger partial charge in [0.1, 0.15) is 11.6 Å². The average molecular weight is 404 g/mol. The molecule has 0 atom stereocenters. The molecule has 8 heteroatoms. The molecule has 3 fully saturated rings. The average Bonchev–Trinajstić information content (AvgIpc) is 3.18. The van der Waals surface area contributed by atoms with E-state index in [2.05, 4.69) is 15.6 Å². The Morgan fingerprint density at radius 3 is 2.61 bits per heavy atom. The SMILES string of the molecule is O=C(COc1ccc(Cl)c(F)c1)NC12CCC(NC(=O)c3cccnc3)(C1)C2. The van der Waals surface area contributed by atoms with Crippen LogP contribution in [0, 0.1) is 5.82 Å². The predicted molar refractivity (Wildman–Crippen MR) is 101 cm³/mol. The number of hydrogen-bond acceptors (Lipinski definition) is 4. The number of carbonyl (C=O) groups is 2. The molecule has 5 rings (SSSR count). The lowest BCUT2D eigenvalue weighted by molar-refractivity contribution is -0.126. The number of hydrogen-bond donors (Lipinski definition) is 2. The van der Waals surface area contributed by atoms with Crippen molar-refractivity contribution >= 4 is 23.4 Å². The summed E-state index contributed by atoms with van der Waals surface area (Å²) in [7, 11) is 0. The quantitative estimate of drug-likeness (QED) is 0.777. The summed E-state index contributed by atoms with van der Waals surface area (Å²) in [4.78, 5) is 28.6. The van der Waals surface area contributed by atoms with Crippen LogP contribution < -0.4 is 15.4 Å². The van der Waals surface area contributed by atoms with Gasteiger partial charge in [-0.25, -0.2) is 4.39 Å². The lowest BCUT2D eigenvalue weighted by Gasteiger charge is -2.48. The van der Waals surface area contributed by atoms with E-state index < -0.39 is 5.82 Å². The van der Waals surface area contributed by atoms with Crippen molar-refractivity contribution in [3.63, 3.8) is 0 Å². The van der Waals surface area contributed by atoms with Crippen molar-refractivity contribution in [1.82, 2.24) is 15.6 Å². The second-order valence-electron chi connectivity index (χ2n) is 7.52. The summed E-state index contributed by atoms with van der Waals surface area (Å²) in [6.45, 7) is -0.210. The Hall–Kier alpha value is -2.67. The first-order valence-corrected chi connectivity index (χ1v) is 9.38. The van der Waals surface area contributed by atoms with Crippen LogP contribution in [0.5, 0.6) is 5.75 Å². The lowest BCUT2D eigenvalue weighted by atomic mass is 9.71. The minimum absolute atomic E-state index is 0.000727. The van der Waals surface area contributed by atoms with E-state index in [1.165, 1.54) is 18.3 Å². The number of aromatic nitrogens is 1. The summed E-state index contributed by atoms with van der Waals surface area (Å²) >= 11 is 5.63. The number of benzene rings is 1. The van der Waals surface area contributed by atoms with Crippen LogP contribution in [0.4, 0.5) is 4.39 Å². The summed E-state index contributed by atoms with van der Waals surface area (Å²) in [6.07, 6.45) is 6.13. The first kappa shape index (κ1) is 18.7. The van der Waals surface area contributed by atoms with E-state index in [4.69, 9.17) is 16.3 Å². The van der Waals surface area contributed by atoms with Gasteiger partial charge in [-0.3, -0.25) is 14.6 Å². The summed E-state index contributed by atoms with van der Waals surface area (Å²) < 4.78 is 18.8. The maximum Gasteiger partial charge on any atom is 0.258 e. The minimum Gasteiger partial charge on any atom is -0.484 e. The Bertz CT molecular complexity index is 916. The molecule has 3 aliphatic rings. The molecule has 1 aromatic heterocycles. The zero-order chi connectivity index (χ0) is 19.8. The zero-order valence-electron chi connectivity index (χ0n) is 15.0. The van der Waals surface area contributed by atoms with E-state index in [0.717, 1.165) is 18.9 Å². The topological polar surface area (TPSA) is 80.3 Å². The molecule has 1 heterocycles. The highest BCUT2D eigenvalue weighted by Crippen LogP contribution is 2.55. The van der Waals surface area contributed by atoms with Crippen molar-refractivity contribution in [3.05, 3.63) is 59.1 Å². The highest BCUT2D eigenvalue weighted by atomic mass is 35.5. The fourth-order valence-corrected chi connectivity index (χ4v) is 4.35. The Morgan fingerprint density at radius 2 is 1.93 bits per heavy atom. The third kappa shape index (κ3) is 3.67. The van der Waals surface area contributed by atoms with Gasteiger partial charge in [0, 0.05) is 29.5 Å². The van der Waals surface area contributed by atoms with Crippen molar-refractivity contribution in [2.24, 2.45) is 0 Å². The lowest BCUT2D eigenvalue weighted by Crippen LogP contribution is -2.64. The second-order valence-corrected chi connectivity index (χ2v) is 7.93. The van der Waals surface area contributed by atoms with Crippen LogP contribution in [0.1, 0.15) is 36.0 Å². The summed E-state index contributed by atoms with van der Waals surface area (Å²) in [6, 6.07) is 7.48. The van der Waals surface area contributed by atoms with E-state index in [9.17, 15) is 14.0 Å². The van der Waals surface area contributed by atoms with Crippen LogP contribution in [0.2, 0.25) is 5.02 Å². The fraction of sp³-hybridized carbons (Fsp3) is 0.350. The van der Waals surface area contributed by atoms with Crippen LogP contribution >= 0.6 is 11.6 Å². The van der Waals surface area contributed by atoms with Gasteiger partial charge in [0.25, 0.3) is 11.8 Å². The maximum atomic E-state index is 13.4. The van der Waals surface area contributed by atoms with Crippen LogP contribution in [0.3, 0.4) is 0 Å². The molecular weight excluding hydrogens is 385 g/mol. The number of nitrogens with zero attached hydrogens (tertiary/aromatic N) is 1. The van der Waals surface area contributed by atoms with Gasteiger partial charge in [0.15, 0.2) is 6.61 Å². The number of pyridine rings is 1. The normalized spacial score (nSPS) is 24.9. The molecule has 6 nitrogen and oxygen atoms in total. The Kier molecular flexibility index (Phi) is 4.71. The molecule has 3 aliphatic carbocycles. The van der Waals surface area contributed by atoms with Crippen molar-refractivity contribution in [2.75, 3.05) is 6.61 Å². The first-order chi connectivity index (χ1) is 13.4. The Balaban J connectivity index is 1.28. The highest BCUT2D eigenvalue weighted by Gasteiger charge is 2.62. The van der Waals surface area contributed by atoms with Crippen molar-refractivity contribution in [2.45, 2.75) is 36.8 Å². The molecule has 146 valence electrons. The van der Waals surface area contributed by atoms with Crippen molar-refractivity contribution in [1.29, 1.82) is 0 Å². The molecule has 2 aromatic rings. The standard InChI is InChI=1S/C20H19ClFN3O3/c21-15-4-3-14(8-16(15)22)28-10-17(26)24-19-5-6-20(11-19,12-19)25-18(27)13-2-1-7-23-9-13/h1-4,7-9H,5-6,10-12H2,(H,24,26)(H,25,27). The fourth-order valence-electron chi connectivity index (χ4n) is 4.24. The Morgan fingerprint density at radius 1 is 1.18 bits per heavy atom. The summed E-state index contributed by atoms with van der Waals surface area (Å²) in [5, 5.41) is 6.10. The van der Waals surface area contributed by atoms with Crippen molar-refractivity contribution in [3.8, 4) is 5.75 Å². The number of carbonyl (C=O) groups excluding carboxylic acids is 2. The van der Waals surface area contributed by atoms with Gasteiger partial charge < -0.3 is 15.4 Å². The molecule has 2 bridgehead atoms. The molecule has 2 N–H and O–H groups in total. The third-order valence-electron chi connectivity index (χ3n) is 5.40. The van der Waals surface area contributed by atoms with Gasteiger partial charge in [0.2, 0.25) is 0 Å².